The number of benzene rings is 1. The third kappa shape index (κ3) is 3.74. The van der Waals surface area contributed by atoms with E-state index in [1.165, 1.54) is 38.2 Å². The zero-order chi connectivity index (χ0) is 14.4. The number of nitrogens with zero attached hydrogens (tertiary/aromatic N) is 1. The Balaban J connectivity index is 1.90. The van der Waals surface area contributed by atoms with Gasteiger partial charge in [0.25, 0.3) is 0 Å². The van der Waals surface area contributed by atoms with E-state index in [0.29, 0.717) is 11.3 Å². The van der Waals surface area contributed by atoms with E-state index in [9.17, 15) is 4.39 Å². The molecule has 1 saturated carbocycles. The fourth-order valence-electron chi connectivity index (χ4n) is 2.85. The highest BCUT2D eigenvalue weighted by molar-refractivity contribution is 8.00. The van der Waals surface area contributed by atoms with E-state index in [1.807, 2.05) is 17.8 Å². The summed E-state index contributed by atoms with van der Waals surface area (Å²) in [6.45, 7) is 1.67. The number of hydrogen-bond donors (Lipinski definition) is 1. The van der Waals surface area contributed by atoms with Gasteiger partial charge in [0.15, 0.2) is 0 Å². The van der Waals surface area contributed by atoms with E-state index in [2.05, 4.69) is 11.6 Å². The van der Waals surface area contributed by atoms with Crippen LogP contribution in [0.15, 0.2) is 18.2 Å². The molecule has 2 rings (SSSR count). The molecule has 0 bridgehead atoms. The minimum absolute atomic E-state index is 0.126. The maximum Gasteiger partial charge on any atom is 0.140 e. The first-order valence-corrected chi connectivity index (χ1v) is 8.36. The molecule has 4 heteroatoms. The Morgan fingerprint density at radius 3 is 2.75 bits per heavy atom. The first kappa shape index (κ1) is 15.3. The van der Waals surface area contributed by atoms with Gasteiger partial charge in [-0.3, -0.25) is 0 Å². The maximum absolute atomic E-state index is 13.3. The van der Waals surface area contributed by atoms with Gasteiger partial charge in [-0.25, -0.2) is 4.39 Å². The molecule has 1 aromatic carbocycles. The molecule has 0 amide bonds. The third-order valence-electron chi connectivity index (χ3n) is 4.13. The number of hydrogen-bond acceptors (Lipinski definition) is 3. The Kier molecular flexibility index (Phi) is 5.45. The van der Waals surface area contributed by atoms with Crippen molar-refractivity contribution >= 4 is 11.8 Å². The lowest BCUT2D eigenvalue weighted by atomic mass is 9.88. The molecule has 1 fully saturated rings. The molecule has 1 aromatic rings. The van der Waals surface area contributed by atoms with Gasteiger partial charge in [0, 0.05) is 17.8 Å². The minimum atomic E-state index is -0.441. The summed E-state index contributed by atoms with van der Waals surface area (Å²) >= 11 is 1.96. The van der Waals surface area contributed by atoms with Crippen molar-refractivity contribution in [3.05, 3.63) is 35.1 Å². The molecule has 20 heavy (non-hydrogen) atoms. The highest BCUT2D eigenvalue weighted by Gasteiger charge is 2.30. The SMILES string of the molecule is CSC1(CNCc2ccc(F)c(C#N)c2)CCCCC1. The Bertz CT molecular complexity index is 490. The summed E-state index contributed by atoms with van der Waals surface area (Å²) in [5, 5.41) is 12.3. The summed E-state index contributed by atoms with van der Waals surface area (Å²) in [7, 11) is 0. The predicted molar refractivity (Wildman–Crippen MR) is 82.2 cm³/mol. The highest BCUT2D eigenvalue weighted by atomic mass is 32.2. The van der Waals surface area contributed by atoms with Gasteiger partial charge >= 0.3 is 0 Å². The maximum atomic E-state index is 13.3. The molecule has 0 heterocycles. The minimum Gasteiger partial charge on any atom is -0.311 e. The van der Waals surface area contributed by atoms with Crippen molar-refractivity contribution in [2.75, 3.05) is 12.8 Å². The van der Waals surface area contributed by atoms with Crippen molar-refractivity contribution in [3.8, 4) is 6.07 Å². The van der Waals surface area contributed by atoms with Crippen molar-refractivity contribution in [1.29, 1.82) is 5.26 Å². The summed E-state index contributed by atoms with van der Waals surface area (Å²) in [5.74, 6) is -0.441. The number of thioether (sulfide) groups is 1. The first-order valence-electron chi connectivity index (χ1n) is 7.13. The molecule has 0 aliphatic heterocycles. The van der Waals surface area contributed by atoms with Crippen molar-refractivity contribution in [2.45, 2.75) is 43.4 Å². The van der Waals surface area contributed by atoms with Crippen LogP contribution in [-0.2, 0) is 6.54 Å². The van der Waals surface area contributed by atoms with Gasteiger partial charge in [0.2, 0.25) is 0 Å². The van der Waals surface area contributed by atoms with Crippen LogP contribution in [0.25, 0.3) is 0 Å². The number of halogens is 1. The van der Waals surface area contributed by atoms with Crippen molar-refractivity contribution < 1.29 is 4.39 Å². The van der Waals surface area contributed by atoms with E-state index >= 15 is 0 Å². The molecule has 1 aliphatic carbocycles. The first-order chi connectivity index (χ1) is 9.69. The fraction of sp³-hybridized carbons (Fsp3) is 0.562. The highest BCUT2D eigenvalue weighted by Crippen LogP contribution is 2.37. The van der Waals surface area contributed by atoms with Gasteiger partial charge in [0.05, 0.1) is 5.56 Å². The molecule has 0 aromatic heterocycles. The molecular weight excluding hydrogens is 271 g/mol. The summed E-state index contributed by atoms with van der Waals surface area (Å²) in [5.41, 5.74) is 1.09. The molecule has 0 unspecified atom stereocenters. The lowest BCUT2D eigenvalue weighted by Gasteiger charge is -2.36. The van der Waals surface area contributed by atoms with Crippen LogP contribution in [0.4, 0.5) is 4.39 Å². The van der Waals surface area contributed by atoms with Gasteiger partial charge in [-0.05, 0) is 36.8 Å². The second-order valence-corrected chi connectivity index (χ2v) is 6.75. The van der Waals surface area contributed by atoms with Crippen molar-refractivity contribution in [2.24, 2.45) is 0 Å². The molecule has 2 nitrogen and oxygen atoms in total. The van der Waals surface area contributed by atoms with Crippen LogP contribution in [0.3, 0.4) is 0 Å². The zero-order valence-electron chi connectivity index (χ0n) is 11.9. The van der Waals surface area contributed by atoms with E-state index in [4.69, 9.17) is 5.26 Å². The van der Waals surface area contributed by atoms with E-state index < -0.39 is 5.82 Å². The second kappa shape index (κ2) is 7.10. The van der Waals surface area contributed by atoms with Crippen LogP contribution in [0, 0.1) is 17.1 Å². The van der Waals surface area contributed by atoms with Crippen LogP contribution in [-0.4, -0.2) is 17.5 Å². The topological polar surface area (TPSA) is 35.8 Å². The summed E-state index contributed by atoms with van der Waals surface area (Å²) in [4.78, 5) is 0. The summed E-state index contributed by atoms with van der Waals surface area (Å²) < 4.78 is 13.6. The number of rotatable bonds is 5. The Morgan fingerprint density at radius 1 is 1.35 bits per heavy atom. The molecular formula is C16H21FN2S. The van der Waals surface area contributed by atoms with Crippen molar-refractivity contribution in [3.63, 3.8) is 0 Å². The lowest BCUT2D eigenvalue weighted by molar-refractivity contribution is 0.379. The Hall–Kier alpha value is -1.05. The van der Waals surface area contributed by atoms with Crippen molar-refractivity contribution in [1.82, 2.24) is 5.32 Å². The average molecular weight is 292 g/mol. The van der Waals surface area contributed by atoms with Gasteiger partial charge in [-0.15, -0.1) is 0 Å². The number of nitrogens with one attached hydrogen (secondary N) is 1. The van der Waals surface area contributed by atoms with Crippen LogP contribution in [0.5, 0.6) is 0 Å². The fourth-order valence-corrected chi connectivity index (χ4v) is 3.80. The quantitative estimate of drug-likeness (QED) is 0.895. The average Bonchev–Trinajstić information content (AvgIpc) is 2.50. The third-order valence-corrected chi connectivity index (χ3v) is 5.54. The molecule has 0 saturated heterocycles. The van der Waals surface area contributed by atoms with E-state index in [1.54, 1.807) is 12.1 Å². The monoisotopic (exact) mass is 292 g/mol. The molecule has 1 N–H and O–H groups in total. The largest absolute Gasteiger partial charge is 0.311 e. The predicted octanol–water partition coefficient (Wildman–Crippen LogP) is 3.85. The normalized spacial score (nSPS) is 17.6. The van der Waals surface area contributed by atoms with Crippen LogP contribution in [0.1, 0.15) is 43.2 Å². The van der Waals surface area contributed by atoms with Gasteiger partial charge in [-0.2, -0.15) is 17.0 Å². The molecule has 108 valence electrons. The Morgan fingerprint density at radius 2 is 2.10 bits per heavy atom. The molecule has 0 atom stereocenters. The molecule has 1 aliphatic rings. The summed E-state index contributed by atoms with van der Waals surface area (Å²) in [6, 6.07) is 6.64. The standard InChI is InChI=1S/C16H21FN2S/c1-20-16(7-3-2-4-8-16)12-19-11-13-5-6-15(17)14(9-13)10-18/h5-6,9,19H,2-4,7-8,11-12H2,1H3. The zero-order valence-corrected chi connectivity index (χ0v) is 12.7. The Labute approximate surface area is 124 Å². The van der Waals surface area contributed by atoms with Gasteiger partial charge in [-0.1, -0.05) is 25.3 Å². The molecule has 0 radical (unpaired) electrons. The molecule has 0 spiro atoms. The van der Waals surface area contributed by atoms with Gasteiger partial charge < -0.3 is 5.32 Å². The van der Waals surface area contributed by atoms with Crippen LogP contribution in [0.2, 0.25) is 0 Å². The lowest BCUT2D eigenvalue weighted by Crippen LogP contribution is -2.39. The van der Waals surface area contributed by atoms with Gasteiger partial charge in [0.1, 0.15) is 11.9 Å². The van der Waals surface area contributed by atoms with Crippen LogP contribution >= 0.6 is 11.8 Å². The smallest absolute Gasteiger partial charge is 0.140 e. The van der Waals surface area contributed by atoms with E-state index in [0.717, 1.165) is 12.1 Å². The second-order valence-electron chi connectivity index (χ2n) is 5.48. The van der Waals surface area contributed by atoms with E-state index in [-0.39, 0.29) is 5.56 Å². The van der Waals surface area contributed by atoms with Crippen LogP contribution < -0.4 is 5.32 Å². The summed E-state index contributed by atoms with van der Waals surface area (Å²) in [6.07, 6.45) is 8.72. The number of nitriles is 1.